The van der Waals surface area contributed by atoms with Gasteiger partial charge in [-0.2, -0.15) is 10.1 Å². The Morgan fingerprint density at radius 2 is 1.48 bits per heavy atom. The maximum Gasteiger partial charge on any atom is 0.282 e. The van der Waals surface area contributed by atoms with Gasteiger partial charge in [-0.25, -0.2) is 21.4 Å². The molecule has 3 aromatic rings. The van der Waals surface area contributed by atoms with Crippen molar-refractivity contribution in [2.75, 3.05) is 24.5 Å². The molecule has 0 fully saturated rings. The van der Waals surface area contributed by atoms with Crippen molar-refractivity contribution in [3.63, 3.8) is 0 Å². The molecular weight excluding hydrogens is 418 g/mol. The van der Waals surface area contributed by atoms with Crippen LogP contribution in [0.15, 0.2) is 90.0 Å². The predicted molar refractivity (Wildman–Crippen MR) is 128 cm³/mol. The fraction of sp³-hybridized carbons (Fsp3) is 0.125. The Labute approximate surface area is 192 Å². The van der Waals surface area contributed by atoms with E-state index < -0.39 is 6.04 Å². The van der Waals surface area contributed by atoms with Crippen LogP contribution in [0.5, 0.6) is 0 Å². The molecule has 1 aliphatic heterocycles. The van der Waals surface area contributed by atoms with E-state index in [1.54, 1.807) is 38.4 Å². The molecule has 4 N–H and O–H groups in total. The zero-order valence-corrected chi connectivity index (χ0v) is 18.3. The van der Waals surface area contributed by atoms with Crippen molar-refractivity contribution in [2.45, 2.75) is 6.04 Å². The number of anilines is 2. The van der Waals surface area contributed by atoms with E-state index in [1.807, 2.05) is 60.7 Å². The maximum absolute atomic E-state index is 13.3. The summed E-state index contributed by atoms with van der Waals surface area (Å²) in [5, 5.41) is 7.24. The Hall–Kier alpha value is -4.05. The first kappa shape index (κ1) is 22.2. The molecule has 4 rings (SSSR count). The van der Waals surface area contributed by atoms with Crippen molar-refractivity contribution in [3.8, 4) is 0 Å². The number of hydrazone groups is 1. The van der Waals surface area contributed by atoms with Gasteiger partial charge in [0, 0.05) is 30.9 Å². The minimum absolute atomic E-state index is 0.233. The van der Waals surface area contributed by atoms with E-state index in [4.69, 9.17) is 0 Å². The average molecular weight is 444 g/mol. The molecule has 2 amide bonds. The summed E-state index contributed by atoms with van der Waals surface area (Å²) >= 11 is 0. The summed E-state index contributed by atoms with van der Waals surface area (Å²) < 4.78 is 0. The molecule has 3 aromatic carbocycles. The number of rotatable bonds is 8. The van der Waals surface area contributed by atoms with Crippen LogP contribution in [0.4, 0.5) is 11.4 Å². The highest BCUT2D eigenvalue weighted by atomic mass is 16.2. The van der Waals surface area contributed by atoms with Crippen LogP contribution in [0.3, 0.4) is 0 Å². The maximum atomic E-state index is 13.3. The Morgan fingerprint density at radius 1 is 0.879 bits per heavy atom. The van der Waals surface area contributed by atoms with E-state index in [9.17, 15) is 9.59 Å². The lowest BCUT2D eigenvalue weighted by atomic mass is 10.0. The molecule has 1 unspecified atom stereocenters. The summed E-state index contributed by atoms with van der Waals surface area (Å²) in [5.74, 6) is -0.484. The second-order valence-electron chi connectivity index (χ2n) is 7.20. The molecule has 9 nitrogen and oxygen atoms in total. The van der Waals surface area contributed by atoms with Crippen molar-refractivity contribution in [2.24, 2.45) is 5.10 Å². The van der Waals surface area contributed by atoms with Gasteiger partial charge in [0.2, 0.25) is 0 Å². The molecule has 0 bridgehead atoms. The fourth-order valence-corrected chi connectivity index (χ4v) is 3.47. The second kappa shape index (κ2) is 10.0. The minimum atomic E-state index is -0.696. The first-order valence-corrected chi connectivity index (χ1v) is 10.5. The zero-order chi connectivity index (χ0) is 23.2. The summed E-state index contributed by atoms with van der Waals surface area (Å²) in [6, 6.07) is 25.1. The van der Waals surface area contributed by atoms with Crippen LogP contribution in [0.1, 0.15) is 15.9 Å². The smallest absolute Gasteiger partial charge is 0.282 e. The van der Waals surface area contributed by atoms with E-state index in [0.717, 1.165) is 11.3 Å². The molecule has 1 heterocycles. The first-order valence-electron chi connectivity index (χ1n) is 10.5. The topological polar surface area (TPSA) is 101 Å². The monoisotopic (exact) mass is 443 g/mol. The molecule has 9 heteroatoms. The van der Waals surface area contributed by atoms with Crippen molar-refractivity contribution < 1.29 is 9.59 Å². The predicted octanol–water partition coefficient (Wildman–Crippen LogP) is 2.13. The lowest BCUT2D eigenvalue weighted by molar-refractivity contribution is -0.118. The number of hydrogen-bond acceptors (Lipinski definition) is 7. The van der Waals surface area contributed by atoms with Crippen LogP contribution in [-0.2, 0) is 4.79 Å². The molecule has 0 radical (unpaired) electrons. The van der Waals surface area contributed by atoms with Gasteiger partial charge < -0.3 is 5.43 Å². The van der Waals surface area contributed by atoms with Crippen LogP contribution in [0.2, 0.25) is 0 Å². The third-order valence-corrected chi connectivity index (χ3v) is 5.15. The van der Waals surface area contributed by atoms with Gasteiger partial charge in [-0.1, -0.05) is 48.5 Å². The normalized spacial score (nSPS) is 15.3. The summed E-state index contributed by atoms with van der Waals surface area (Å²) in [7, 11) is 3.28. The van der Waals surface area contributed by atoms with Gasteiger partial charge in [0.05, 0.1) is 11.4 Å². The van der Waals surface area contributed by atoms with Crippen molar-refractivity contribution >= 4 is 28.9 Å². The third-order valence-electron chi connectivity index (χ3n) is 5.15. The highest BCUT2D eigenvalue weighted by Crippen LogP contribution is 2.24. The highest BCUT2D eigenvalue weighted by molar-refractivity contribution is 6.24. The van der Waals surface area contributed by atoms with E-state index >= 15 is 0 Å². The largest absolute Gasteiger partial charge is 0.320 e. The summed E-state index contributed by atoms with van der Waals surface area (Å²) in [6.45, 7) is 0. The van der Waals surface area contributed by atoms with Crippen molar-refractivity contribution in [1.29, 1.82) is 0 Å². The molecule has 0 saturated carbocycles. The highest BCUT2D eigenvalue weighted by Gasteiger charge is 2.37. The average Bonchev–Trinajstić information content (AvgIpc) is 3.20. The lowest BCUT2D eigenvalue weighted by Crippen LogP contribution is -2.48. The van der Waals surface area contributed by atoms with Crippen LogP contribution in [0.25, 0.3) is 0 Å². The number of hydrazine groups is 3. The van der Waals surface area contributed by atoms with E-state index in [-0.39, 0.29) is 11.8 Å². The van der Waals surface area contributed by atoms with Gasteiger partial charge in [0.15, 0.2) is 6.04 Å². The lowest BCUT2D eigenvalue weighted by Gasteiger charge is -2.20. The molecule has 168 valence electrons. The number of hydrogen-bond donors (Lipinski definition) is 4. The Balaban J connectivity index is 1.59. The van der Waals surface area contributed by atoms with Crippen LogP contribution < -0.4 is 26.7 Å². The quantitative estimate of drug-likeness (QED) is 0.398. The SMILES string of the molecule is CNN(NC)C(=O)c1ccc(N2N=C(c3ccccc3)C(NNc3ccccc3)C2=O)cc1. The van der Waals surface area contributed by atoms with Gasteiger partial charge >= 0.3 is 0 Å². The van der Waals surface area contributed by atoms with E-state index in [0.29, 0.717) is 17.0 Å². The Morgan fingerprint density at radius 3 is 2.09 bits per heavy atom. The molecule has 0 spiro atoms. The fourth-order valence-electron chi connectivity index (χ4n) is 3.47. The number of nitrogens with zero attached hydrogens (tertiary/aromatic N) is 3. The minimum Gasteiger partial charge on any atom is -0.320 e. The molecule has 1 atom stereocenters. The van der Waals surface area contributed by atoms with Gasteiger partial charge in [-0.15, -0.1) is 0 Å². The first-order chi connectivity index (χ1) is 16.1. The number of amides is 2. The summed E-state index contributed by atoms with van der Waals surface area (Å²) in [6.07, 6.45) is 0. The number of nitrogens with one attached hydrogen (secondary N) is 4. The van der Waals surface area contributed by atoms with Gasteiger partial charge in [0.25, 0.3) is 11.8 Å². The number of para-hydroxylation sites is 1. The molecule has 1 aliphatic rings. The second-order valence-corrected chi connectivity index (χ2v) is 7.20. The summed E-state index contributed by atoms with van der Waals surface area (Å²) in [4.78, 5) is 25.8. The standard InChI is InChI=1S/C24H25N7O2/c1-25-31(26-2)23(32)18-13-15-20(16-14-18)30-24(33)22(28-27-19-11-7-4-8-12-19)21(29-30)17-9-5-3-6-10-17/h3-16,22,25-28H,1-2H3. The third kappa shape index (κ3) is 4.75. The van der Waals surface area contributed by atoms with Gasteiger partial charge in [0.1, 0.15) is 0 Å². The van der Waals surface area contributed by atoms with E-state index in [2.05, 4.69) is 26.8 Å². The molecule has 0 aliphatic carbocycles. The van der Waals surface area contributed by atoms with Gasteiger partial charge in [-0.3, -0.25) is 9.59 Å². The zero-order valence-electron chi connectivity index (χ0n) is 18.3. The van der Waals surface area contributed by atoms with E-state index in [1.165, 1.54) is 10.1 Å². The van der Waals surface area contributed by atoms with Gasteiger partial charge in [-0.05, 0) is 36.4 Å². The Bertz CT molecular complexity index is 1130. The van der Waals surface area contributed by atoms with Crippen molar-refractivity contribution in [3.05, 3.63) is 96.1 Å². The number of carbonyl (C=O) groups is 2. The summed E-state index contributed by atoms with van der Waals surface area (Å²) in [5.41, 5.74) is 15.0. The molecule has 0 aromatic heterocycles. The van der Waals surface area contributed by atoms with Crippen molar-refractivity contribution in [1.82, 2.24) is 21.4 Å². The molecule has 33 heavy (non-hydrogen) atoms. The molecular formula is C24H25N7O2. The van der Waals surface area contributed by atoms with Crippen LogP contribution in [-0.4, -0.2) is 42.8 Å². The molecule has 0 saturated heterocycles. The number of carbonyl (C=O) groups excluding carboxylic acids is 2. The van der Waals surface area contributed by atoms with Crippen LogP contribution in [0, 0.1) is 0 Å². The number of benzene rings is 3. The Kier molecular flexibility index (Phi) is 6.75. The van der Waals surface area contributed by atoms with Crippen LogP contribution >= 0.6 is 0 Å².